The van der Waals surface area contributed by atoms with Gasteiger partial charge in [-0.1, -0.05) is 0 Å². The zero-order valence-electron chi connectivity index (χ0n) is 9.21. The lowest BCUT2D eigenvalue weighted by molar-refractivity contribution is 0.109. The topological polar surface area (TPSA) is 26.7 Å². The molecule has 1 N–H and O–H groups in total. The van der Waals surface area contributed by atoms with Gasteiger partial charge in [0.25, 0.3) is 0 Å². The summed E-state index contributed by atoms with van der Waals surface area (Å²) in [6.07, 6.45) is 4.07. The summed E-state index contributed by atoms with van der Waals surface area (Å²) in [6, 6.07) is 0. The number of aliphatic hydroxyl groups is 1. The minimum Gasteiger partial charge on any atom is -0.395 e. The predicted octanol–water partition coefficient (Wildman–Crippen LogP) is 0.396. The number of rotatable bonds is 2. The lowest BCUT2D eigenvalue weighted by atomic mass is 9.79. The average Bonchev–Trinajstić information content (AvgIpc) is 2.49. The summed E-state index contributed by atoms with van der Waals surface area (Å²) >= 11 is 0. The molecule has 2 fully saturated rings. The second-order valence-electron chi connectivity index (χ2n) is 5.09. The highest BCUT2D eigenvalue weighted by Crippen LogP contribution is 2.38. The van der Waals surface area contributed by atoms with Crippen molar-refractivity contribution in [2.75, 3.05) is 46.4 Å². The van der Waals surface area contributed by atoms with E-state index >= 15 is 0 Å². The minimum absolute atomic E-state index is 0.311. The summed E-state index contributed by atoms with van der Waals surface area (Å²) in [5.74, 6) is 0. The van der Waals surface area contributed by atoms with Crippen LogP contribution in [0.2, 0.25) is 0 Å². The molecule has 2 aliphatic heterocycles. The van der Waals surface area contributed by atoms with Crippen LogP contribution in [0.4, 0.5) is 0 Å². The fourth-order valence-electron chi connectivity index (χ4n) is 3.15. The number of hydrogen-bond donors (Lipinski definition) is 1. The van der Waals surface area contributed by atoms with E-state index < -0.39 is 0 Å². The molecule has 1 atom stereocenters. The van der Waals surface area contributed by atoms with Gasteiger partial charge in [-0.2, -0.15) is 0 Å². The Bertz CT molecular complexity index is 198. The molecule has 0 aromatic heterocycles. The van der Waals surface area contributed by atoms with E-state index in [9.17, 15) is 0 Å². The molecule has 2 rings (SSSR count). The van der Waals surface area contributed by atoms with Crippen LogP contribution in [0, 0.1) is 5.41 Å². The van der Waals surface area contributed by atoms with Gasteiger partial charge in [0.15, 0.2) is 0 Å². The summed E-state index contributed by atoms with van der Waals surface area (Å²) in [7, 11) is 2.23. The first kappa shape index (κ1) is 10.4. The fraction of sp³-hybridized carbons (Fsp3) is 1.00. The monoisotopic (exact) mass is 198 g/mol. The molecule has 0 aliphatic carbocycles. The fourth-order valence-corrected chi connectivity index (χ4v) is 3.15. The van der Waals surface area contributed by atoms with Crippen LogP contribution in [0.25, 0.3) is 0 Å². The number of aliphatic hydroxyl groups excluding tert-OH is 1. The van der Waals surface area contributed by atoms with Gasteiger partial charge < -0.3 is 14.9 Å². The highest BCUT2D eigenvalue weighted by molar-refractivity contribution is 4.94. The largest absolute Gasteiger partial charge is 0.395 e. The number of piperidine rings is 1. The van der Waals surface area contributed by atoms with Crippen molar-refractivity contribution in [3.63, 3.8) is 0 Å². The highest BCUT2D eigenvalue weighted by atomic mass is 16.3. The summed E-state index contributed by atoms with van der Waals surface area (Å²) in [5.41, 5.74) is 0.558. The number of nitrogens with zero attached hydrogens (tertiary/aromatic N) is 2. The molecule has 3 heteroatoms. The van der Waals surface area contributed by atoms with Gasteiger partial charge in [0, 0.05) is 19.6 Å². The third-order valence-corrected chi connectivity index (χ3v) is 3.79. The lowest BCUT2D eigenvalue weighted by Gasteiger charge is -2.38. The molecule has 1 unspecified atom stereocenters. The van der Waals surface area contributed by atoms with Crippen LogP contribution in [0.15, 0.2) is 0 Å². The summed E-state index contributed by atoms with van der Waals surface area (Å²) in [5, 5.41) is 8.91. The Hall–Kier alpha value is -0.120. The van der Waals surface area contributed by atoms with E-state index in [4.69, 9.17) is 5.11 Å². The summed E-state index contributed by atoms with van der Waals surface area (Å²) < 4.78 is 0. The van der Waals surface area contributed by atoms with Crippen molar-refractivity contribution in [3.8, 4) is 0 Å². The molecular weight excluding hydrogens is 176 g/mol. The Labute approximate surface area is 86.7 Å². The van der Waals surface area contributed by atoms with Crippen molar-refractivity contribution in [1.29, 1.82) is 0 Å². The Morgan fingerprint density at radius 1 is 1.21 bits per heavy atom. The Morgan fingerprint density at radius 3 is 2.79 bits per heavy atom. The predicted molar refractivity (Wildman–Crippen MR) is 57.3 cm³/mol. The van der Waals surface area contributed by atoms with Crippen LogP contribution < -0.4 is 0 Å². The quantitative estimate of drug-likeness (QED) is 0.695. The molecule has 0 aromatic rings. The maximum absolute atomic E-state index is 8.91. The first-order valence-electron chi connectivity index (χ1n) is 5.76. The summed E-state index contributed by atoms with van der Waals surface area (Å²) in [6.45, 7) is 6.10. The first-order chi connectivity index (χ1) is 6.74. The van der Waals surface area contributed by atoms with Crippen molar-refractivity contribution in [1.82, 2.24) is 9.80 Å². The van der Waals surface area contributed by atoms with Gasteiger partial charge in [0.05, 0.1) is 6.61 Å². The molecule has 2 saturated heterocycles. The number of β-amino-alcohol motifs (C(OH)–C–C–N with tert-alkyl or cyclic N) is 1. The van der Waals surface area contributed by atoms with Crippen LogP contribution in [0.1, 0.15) is 19.3 Å². The SMILES string of the molecule is CN1CCCC2(CCN(CCO)C2)C1. The highest BCUT2D eigenvalue weighted by Gasteiger charge is 2.39. The Kier molecular flexibility index (Phi) is 3.10. The minimum atomic E-state index is 0.311. The van der Waals surface area contributed by atoms with E-state index in [1.807, 2.05) is 0 Å². The Balaban J connectivity index is 1.91. The maximum atomic E-state index is 8.91. The van der Waals surface area contributed by atoms with Gasteiger partial charge in [0.1, 0.15) is 0 Å². The van der Waals surface area contributed by atoms with Crippen LogP contribution in [-0.4, -0.2) is 61.3 Å². The van der Waals surface area contributed by atoms with Crippen molar-refractivity contribution >= 4 is 0 Å². The molecule has 1 spiro atoms. The maximum Gasteiger partial charge on any atom is 0.0558 e. The molecule has 82 valence electrons. The van der Waals surface area contributed by atoms with Crippen molar-refractivity contribution in [2.45, 2.75) is 19.3 Å². The van der Waals surface area contributed by atoms with Crippen LogP contribution in [-0.2, 0) is 0 Å². The molecule has 0 aromatic carbocycles. The van der Waals surface area contributed by atoms with Gasteiger partial charge >= 0.3 is 0 Å². The second-order valence-corrected chi connectivity index (χ2v) is 5.09. The first-order valence-corrected chi connectivity index (χ1v) is 5.76. The molecule has 0 radical (unpaired) electrons. The van der Waals surface area contributed by atoms with Gasteiger partial charge in [0.2, 0.25) is 0 Å². The third kappa shape index (κ3) is 2.10. The van der Waals surface area contributed by atoms with E-state index in [0.29, 0.717) is 12.0 Å². The number of likely N-dealkylation sites (tertiary alicyclic amines) is 2. The summed E-state index contributed by atoms with van der Waals surface area (Å²) in [4.78, 5) is 4.88. The van der Waals surface area contributed by atoms with Gasteiger partial charge in [-0.15, -0.1) is 0 Å². The van der Waals surface area contributed by atoms with Crippen molar-refractivity contribution in [3.05, 3.63) is 0 Å². The van der Waals surface area contributed by atoms with E-state index in [1.54, 1.807) is 0 Å². The van der Waals surface area contributed by atoms with Gasteiger partial charge in [-0.3, -0.25) is 0 Å². The van der Waals surface area contributed by atoms with E-state index in [0.717, 1.165) is 6.54 Å². The van der Waals surface area contributed by atoms with Gasteiger partial charge in [-0.25, -0.2) is 0 Å². The smallest absolute Gasteiger partial charge is 0.0558 e. The second kappa shape index (κ2) is 4.17. The third-order valence-electron chi connectivity index (χ3n) is 3.79. The van der Waals surface area contributed by atoms with Crippen LogP contribution in [0.5, 0.6) is 0 Å². The van der Waals surface area contributed by atoms with Crippen LogP contribution in [0.3, 0.4) is 0 Å². The zero-order valence-corrected chi connectivity index (χ0v) is 9.21. The molecule has 2 heterocycles. The van der Waals surface area contributed by atoms with E-state index in [1.165, 1.54) is 45.4 Å². The van der Waals surface area contributed by atoms with Gasteiger partial charge in [-0.05, 0) is 44.8 Å². The molecule has 2 aliphatic rings. The average molecular weight is 198 g/mol. The number of hydrogen-bond acceptors (Lipinski definition) is 3. The van der Waals surface area contributed by atoms with Crippen LogP contribution >= 0.6 is 0 Å². The molecule has 3 nitrogen and oxygen atoms in total. The molecule has 0 amide bonds. The van der Waals surface area contributed by atoms with Crippen molar-refractivity contribution < 1.29 is 5.11 Å². The molecular formula is C11H22N2O. The molecule has 0 bridgehead atoms. The standard InChI is InChI=1S/C11H22N2O/c1-12-5-2-3-11(9-12)4-6-13(10-11)7-8-14/h14H,2-10H2,1H3. The zero-order chi connectivity index (χ0) is 10.0. The van der Waals surface area contributed by atoms with E-state index in [-0.39, 0.29) is 0 Å². The lowest BCUT2D eigenvalue weighted by Crippen LogP contribution is -2.43. The Morgan fingerprint density at radius 2 is 2.07 bits per heavy atom. The normalized spacial score (nSPS) is 35.6. The van der Waals surface area contributed by atoms with E-state index in [2.05, 4.69) is 16.8 Å². The van der Waals surface area contributed by atoms with Crippen molar-refractivity contribution in [2.24, 2.45) is 5.41 Å². The molecule has 0 saturated carbocycles. The molecule has 14 heavy (non-hydrogen) atoms.